The van der Waals surface area contributed by atoms with Crippen molar-refractivity contribution in [1.82, 2.24) is 9.80 Å². The molecule has 8 nitrogen and oxygen atoms in total. The zero-order chi connectivity index (χ0) is 26.2. The average Bonchev–Trinajstić information content (AvgIpc) is 2.95. The Hall–Kier alpha value is -1.97. The minimum absolute atomic E-state index is 0.163. The van der Waals surface area contributed by atoms with Gasteiger partial charge in [-0.15, -0.1) is 0 Å². The normalized spacial score (nSPS) is 21.7. The molecule has 0 aliphatic carbocycles. The molecule has 1 aromatic carbocycles. The first-order chi connectivity index (χ1) is 16.1. The SMILES string of the molecule is Cc1cc(Cl)c(B2OC(C)(C)C(C)(C)O2)cc1OCCC1CN(C(=O)OC(C)(C)C)CCN1C=O. The minimum atomic E-state index is -0.596. The number of carbonyl (C=O) groups is 2. The van der Waals surface area contributed by atoms with Crippen LogP contribution in [0.2, 0.25) is 5.02 Å². The summed E-state index contributed by atoms with van der Waals surface area (Å²) in [6.45, 7) is 17.1. The molecule has 2 aliphatic heterocycles. The lowest BCUT2D eigenvalue weighted by atomic mass is 9.78. The van der Waals surface area contributed by atoms with Gasteiger partial charge >= 0.3 is 13.2 Å². The molecule has 2 fully saturated rings. The Balaban J connectivity index is 1.66. The fourth-order valence-electron chi connectivity index (χ4n) is 4.04. The molecule has 0 bridgehead atoms. The molecule has 0 saturated carbocycles. The Morgan fingerprint density at radius 3 is 2.40 bits per heavy atom. The second-order valence-electron chi connectivity index (χ2n) is 11.3. The fourth-order valence-corrected chi connectivity index (χ4v) is 4.34. The van der Waals surface area contributed by atoms with Gasteiger partial charge in [0.05, 0.1) is 23.9 Å². The topological polar surface area (TPSA) is 77.5 Å². The van der Waals surface area contributed by atoms with Crippen molar-refractivity contribution >= 4 is 36.7 Å². The third-order valence-corrected chi connectivity index (χ3v) is 7.15. The van der Waals surface area contributed by atoms with E-state index in [0.717, 1.165) is 12.0 Å². The van der Waals surface area contributed by atoms with Gasteiger partial charge in [0.15, 0.2) is 0 Å². The summed E-state index contributed by atoms with van der Waals surface area (Å²) in [6.07, 6.45) is 1.03. The molecule has 2 amide bonds. The summed E-state index contributed by atoms with van der Waals surface area (Å²) in [5.41, 5.74) is 0.0763. The van der Waals surface area contributed by atoms with Gasteiger partial charge in [0, 0.05) is 36.5 Å². The van der Waals surface area contributed by atoms with E-state index in [4.69, 9.17) is 30.4 Å². The van der Waals surface area contributed by atoms with Crippen molar-refractivity contribution in [2.75, 3.05) is 26.2 Å². The summed E-state index contributed by atoms with van der Waals surface area (Å²) < 4.78 is 24.0. The summed E-state index contributed by atoms with van der Waals surface area (Å²) in [5.74, 6) is 0.677. The first-order valence-electron chi connectivity index (χ1n) is 12.1. The molecule has 0 radical (unpaired) electrons. The van der Waals surface area contributed by atoms with Gasteiger partial charge in [0.25, 0.3) is 0 Å². The lowest BCUT2D eigenvalue weighted by molar-refractivity contribution is -0.123. The van der Waals surface area contributed by atoms with E-state index in [1.165, 1.54) is 0 Å². The molecular weight excluding hydrogens is 471 g/mol. The maximum absolute atomic E-state index is 12.5. The molecule has 1 unspecified atom stereocenters. The van der Waals surface area contributed by atoms with Crippen LogP contribution in [-0.4, -0.2) is 78.5 Å². The molecule has 2 aliphatic rings. The van der Waals surface area contributed by atoms with Gasteiger partial charge < -0.3 is 28.6 Å². The van der Waals surface area contributed by atoms with E-state index in [1.807, 2.05) is 67.5 Å². The summed E-state index contributed by atoms with van der Waals surface area (Å²) in [4.78, 5) is 27.5. The minimum Gasteiger partial charge on any atom is -0.493 e. The van der Waals surface area contributed by atoms with Crippen LogP contribution < -0.4 is 10.2 Å². The van der Waals surface area contributed by atoms with E-state index in [1.54, 1.807) is 9.80 Å². The summed E-state index contributed by atoms with van der Waals surface area (Å²) in [6, 6.07) is 3.55. The number of rotatable bonds is 6. The first kappa shape index (κ1) is 27.6. The number of benzene rings is 1. The third kappa shape index (κ3) is 6.43. The van der Waals surface area contributed by atoms with Crippen LogP contribution in [0.3, 0.4) is 0 Å². The van der Waals surface area contributed by atoms with Gasteiger partial charge in [0.2, 0.25) is 6.41 Å². The van der Waals surface area contributed by atoms with E-state index in [0.29, 0.717) is 48.9 Å². The largest absolute Gasteiger partial charge is 0.496 e. The summed E-state index contributed by atoms with van der Waals surface area (Å²) in [7, 11) is -0.596. The van der Waals surface area contributed by atoms with Crippen LogP contribution in [0.25, 0.3) is 0 Å². The molecule has 1 aromatic rings. The average molecular weight is 509 g/mol. The monoisotopic (exact) mass is 508 g/mol. The molecule has 2 heterocycles. The van der Waals surface area contributed by atoms with Gasteiger partial charge in [-0.1, -0.05) is 11.6 Å². The fraction of sp³-hybridized carbons (Fsp3) is 0.680. The zero-order valence-corrected chi connectivity index (χ0v) is 22.9. The van der Waals surface area contributed by atoms with Crippen LogP contribution in [0.1, 0.15) is 60.5 Å². The molecule has 0 N–H and O–H groups in total. The Morgan fingerprint density at radius 2 is 1.83 bits per heavy atom. The maximum Gasteiger partial charge on any atom is 0.496 e. The molecule has 35 heavy (non-hydrogen) atoms. The Morgan fingerprint density at radius 1 is 1.20 bits per heavy atom. The third-order valence-electron chi connectivity index (χ3n) is 6.83. The van der Waals surface area contributed by atoms with E-state index < -0.39 is 23.9 Å². The molecule has 1 atom stereocenters. The summed E-state index contributed by atoms with van der Waals surface area (Å²) in [5, 5.41) is 0.556. The van der Waals surface area contributed by atoms with Crippen molar-refractivity contribution < 1.29 is 28.4 Å². The number of hydrogen-bond donors (Lipinski definition) is 0. The molecule has 0 spiro atoms. The number of halogens is 1. The quantitative estimate of drug-likeness (QED) is 0.430. The van der Waals surface area contributed by atoms with Gasteiger partial charge in [-0.25, -0.2) is 4.79 Å². The van der Waals surface area contributed by atoms with E-state index in [-0.39, 0.29) is 12.1 Å². The zero-order valence-electron chi connectivity index (χ0n) is 22.1. The van der Waals surface area contributed by atoms with Crippen LogP contribution in [0.5, 0.6) is 5.75 Å². The van der Waals surface area contributed by atoms with Crippen molar-refractivity contribution in [3.05, 3.63) is 22.7 Å². The first-order valence-corrected chi connectivity index (χ1v) is 12.5. The molecule has 3 rings (SSSR count). The number of aryl methyl sites for hydroxylation is 1. The highest BCUT2D eigenvalue weighted by molar-refractivity contribution is 6.65. The van der Waals surface area contributed by atoms with Crippen LogP contribution in [-0.2, 0) is 18.8 Å². The molecule has 0 aromatic heterocycles. The Bertz CT molecular complexity index is 933. The van der Waals surface area contributed by atoms with E-state index in [2.05, 4.69) is 0 Å². The van der Waals surface area contributed by atoms with Gasteiger partial charge in [-0.2, -0.15) is 0 Å². The van der Waals surface area contributed by atoms with Crippen molar-refractivity contribution in [2.45, 2.75) is 84.7 Å². The highest BCUT2D eigenvalue weighted by Crippen LogP contribution is 2.37. The second kappa shape index (κ2) is 10.2. The van der Waals surface area contributed by atoms with E-state index in [9.17, 15) is 9.59 Å². The van der Waals surface area contributed by atoms with Gasteiger partial charge in [-0.3, -0.25) is 4.79 Å². The number of piperazine rings is 1. The smallest absolute Gasteiger partial charge is 0.493 e. The molecule has 2 saturated heterocycles. The van der Waals surface area contributed by atoms with Crippen LogP contribution in [0, 0.1) is 6.92 Å². The number of carbonyl (C=O) groups excluding carboxylic acids is 2. The van der Waals surface area contributed by atoms with Crippen LogP contribution in [0.15, 0.2) is 12.1 Å². The predicted molar refractivity (Wildman–Crippen MR) is 136 cm³/mol. The van der Waals surface area contributed by atoms with Gasteiger partial charge in [-0.05, 0) is 73.1 Å². The van der Waals surface area contributed by atoms with Crippen molar-refractivity contribution in [1.29, 1.82) is 0 Å². The lowest BCUT2D eigenvalue weighted by Crippen LogP contribution is -2.55. The second-order valence-corrected chi connectivity index (χ2v) is 11.7. The number of nitrogens with zero attached hydrogens (tertiary/aromatic N) is 2. The van der Waals surface area contributed by atoms with Crippen molar-refractivity contribution in [2.24, 2.45) is 0 Å². The van der Waals surface area contributed by atoms with Gasteiger partial charge in [0.1, 0.15) is 11.4 Å². The van der Waals surface area contributed by atoms with E-state index >= 15 is 0 Å². The number of hydrogen-bond acceptors (Lipinski definition) is 6. The molecular formula is C25H38BClN2O6. The molecule has 194 valence electrons. The molecule has 10 heteroatoms. The van der Waals surface area contributed by atoms with Crippen LogP contribution >= 0.6 is 11.6 Å². The van der Waals surface area contributed by atoms with Crippen molar-refractivity contribution in [3.63, 3.8) is 0 Å². The van der Waals surface area contributed by atoms with Crippen LogP contribution in [0.4, 0.5) is 4.79 Å². The highest BCUT2D eigenvalue weighted by Gasteiger charge is 2.52. The Kier molecular flexibility index (Phi) is 8.04. The highest BCUT2D eigenvalue weighted by atomic mass is 35.5. The number of ether oxygens (including phenoxy) is 2. The predicted octanol–water partition coefficient (Wildman–Crippen LogP) is 3.79. The standard InChI is InChI=1S/C25H38BClN2O6/c1-17-13-20(27)19(26-34-24(5,6)25(7,8)35-26)14-21(17)32-12-9-18-15-28(10-11-29(18)16-30)22(31)33-23(2,3)4/h13-14,16,18H,9-12,15H2,1-8H3. The summed E-state index contributed by atoms with van der Waals surface area (Å²) >= 11 is 6.54. The lowest BCUT2D eigenvalue weighted by Gasteiger charge is -2.39. The Labute approximate surface area is 214 Å². The maximum atomic E-state index is 12.5. The number of amides is 2. The van der Waals surface area contributed by atoms with Crippen molar-refractivity contribution in [3.8, 4) is 5.75 Å².